The molecule has 0 aliphatic carbocycles. The van der Waals surface area contributed by atoms with E-state index in [1.807, 2.05) is 25.1 Å². The summed E-state index contributed by atoms with van der Waals surface area (Å²) in [5.41, 5.74) is 1.72. The second-order valence-corrected chi connectivity index (χ2v) is 6.16. The van der Waals surface area contributed by atoms with Gasteiger partial charge in [0.1, 0.15) is 11.6 Å². The SMILES string of the molecule is CC(CC(C)(C)c1ccccc1)Nc1cc(F)cc(F)c1. The summed E-state index contributed by atoms with van der Waals surface area (Å²) >= 11 is 0. The van der Waals surface area contributed by atoms with Crippen molar-refractivity contribution in [2.24, 2.45) is 0 Å². The van der Waals surface area contributed by atoms with Crippen LogP contribution in [0.25, 0.3) is 0 Å². The number of anilines is 1. The van der Waals surface area contributed by atoms with E-state index in [9.17, 15) is 8.78 Å². The van der Waals surface area contributed by atoms with Crippen LogP contribution in [0.3, 0.4) is 0 Å². The van der Waals surface area contributed by atoms with E-state index < -0.39 is 11.6 Å². The van der Waals surface area contributed by atoms with Gasteiger partial charge < -0.3 is 5.32 Å². The second-order valence-electron chi connectivity index (χ2n) is 6.16. The van der Waals surface area contributed by atoms with E-state index in [1.54, 1.807) is 0 Å². The fourth-order valence-corrected chi connectivity index (χ4v) is 2.75. The number of hydrogen-bond donors (Lipinski definition) is 1. The average molecular weight is 289 g/mol. The van der Waals surface area contributed by atoms with Crippen molar-refractivity contribution in [2.45, 2.75) is 38.6 Å². The highest BCUT2D eigenvalue weighted by molar-refractivity contribution is 5.44. The first-order valence-corrected chi connectivity index (χ1v) is 7.15. The largest absolute Gasteiger partial charge is 0.382 e. The third-order valence-electron chi connectivity index (χ3n) is 3.65. The fraction of sp³-hybridized carbons (Fsp3) is 0.333. The van der Waals surface area contributed by atoms with Crippen molar-refractivity contribution in [1.82, 2.24) is 0 Å². The molecular formula is C18H21F2N. The van der Waals surface area contributed by atoms with Gasteiger partial charge in [0, 0.05) is 17.8 Å². The van der Waals surface area contributed by atoms with E-state index in [4.69, 9.17) is 0 Å². The summed E-state index contributed by atoms with van der Waals surface area (Å²) in [4.78, 5) is 0. The first-order valence-electron chi connectivity index (χ1n) is 7.15. The number of hydrogen-bond acceptors (Lipinski definition) is 1. The Kier molecular flexibility index (Phi) is 4.61. The van der Waals surface area contributed by atoms with Crippen LogP contribution >= 0.6 is 0 Å². The predicted molar refractivity (Wildman–Crippen MR) is 83.5 cm³/mol. The van der Waals surface area contributed by atoms with Gasteiger partial charge >= 0.3 is 0 Å². The van der Waals surface area contributed by atoms with Crippen LogP contribution in [-0.4, -0.2) is 6.04 Å². The van der Waals surface area contributed by atoms with Crippen LogP contribution < -0.4 is 5.32 Å². The summed E-state index contributed by atoms with van der Waals surface area (Å²) in [7, 11) is 0. The maximum absolute atomic E-state index is 13.2. The van der Waals surface area contributed by atoms with Crippen LogP contribution in [0.2, 0.25) is 0 Å². The maximum atomic E-state index is 13.2. The van der Waals surface area contributed by atoms with E-state index in [0.29, 0.717) is 5.69 Å². The predicted octanol–water partition coefficient (Wildman–Crippen LogP) is 5.13. The molecule has 0 radical (unpaired) electrons. The first kappa shape index (κ1) is 15.5. The van der Waals surface area contributed by atoms with E-state index in [0.717, 1.165) is 12.5 Å². The highest BCUT2D eigenvalue weighted by atomic mass is 19.1. The monoisotopic (exact) mass is 289 g/mol. The molecule has 1 nitrogen and oxygen atoms in total. The molecule has 1 N–H and O–H groups in total. The second kappa shape index (κ2) is 6.25. The lowest BCUT2D eigenvalue weighted by Crippen LogP contribution is -2.27. The van der Waals surface area contributed by atoms with Gasteiger partial charge in [-0.2, -0.15) is 0 Å². The molecule has 1 unspecified atom stereocenters. The van der Waals surface area contributed by atoms with Gasteiger partial charge in [-0.15, -0.1) is 0 Å². The fourth-order valence-electron chi connectivity index (χ4n) is 2.75. The number of nitrogens with one attached hydrogen (secondary N) is 1. The number of halogens is 2. The Morgan fingerprint density at radius 3 is 2.14 bits per heavy atom. The molecule has 1 atom stereocenters. The highest BCUT2D eigenvalue weighted by Crippen LogP contribution is 2.29. The standard InChI is InChI=1S/C18H21F2N/c1-13(21-17-10-15(19)9-16(20)11-17)12-18(2,3)14-7-5-4-6-8-14/h4-11,13,21H,12H2,1-3H3. The van der Waals surface area contributed by atoms with Gasteiger partial charge in [-0.25, -0.2) is 8.78 Å². The number of benzene rings is 2. The Balaban J connectivity index is 2.05. The van der Waals surface area contributed by atoms with Crippen LogP contribution in [0.1, 0.15) is 32.8 Å². The lowest BCUT2D eigenvalue weighted by Gasteiger charge is -2.29. The molecule has 0 saturated carbocycles. The topological polar surface area (TPSA) is 12.0 Å². The van der Waals surface area contributed by atoms with Crippen LogP contribution in [0.4, 0.5) is 14.5 Å². The molecule has 2 aromatic carbocycles. The molecule has 0 fully saturated rings. The summed E-state index contributed by atoms with van der Waals surface area (Å²) in [5.74, 6) is -1.13. The molecule has 0 aliphatic heterocycles. The normalized spacial score (nSPS) is 13.0. The molecule has 0 aliphatic rings. The Morgan fingerprint density at radius 2 is 1.57 bits per heavy atom. The zero-order chi connectivity index (χ0) is 15.5. The summed E-state index contributed by atoms with van der Waals surface area (Å²) in [5, 5.41) is 3.17. The molecule has 2 aromatic rings. The van der Waals surface area contributed by atoms with Gasteiger partial charge in [0.15, 0.2) is 0 Å². The third kappa shape index (κ3) is 4.28. The van der Waals surface area contributed by atoms with E-state index in [2.05, 4.69) is 31.3 Å². The molecule has 21 heavy (non-hydrogen) atoms. The van der Waals surface area contributed by atoms with Crippen molar-refractivity contribution in [3.63, 3.8) is 0 Å². The van der Waals surface area contributed by atoms with E-state index in [1.165, 1.54) is 17.7 Å². The summed E-state index contributed by atoms with van der Waals surface area (Å²) < 4.78 is 26.4. The summed E-state index contributed by atoms with van der Waals surface area (Å²) in [6.45, 7) is 6.37. The summed E-state index contributed by atoms with van der Waals surface area (Å²) in [6.07, 6.45) is 0.856. The molecule has 0 spiro atoms. The minimum absolute atomic E-state index is 0.0143. The maximum Gasteiger partial charge on any atom is 0.128 e. The molecule has 0 amide bonds. The van der Waals surface area contributed by atoms with Crippen molar-refractivity contribution in [3.8, 4) is 0 Å². The van der Waals surface area contributed by atoms with Gasteiger partial charge in [0.2, 0.25) is 0 Å². The molecule has 0 heterocycles. The molecule has 0 aromatic heterocycles. The Hall–Kier alpha value is -1.90. The lowest BCUT2D eigenvalue weighted by atomic mass is 9.79. The molecule has 3 heteroatoms. The minimum atomic E-state index is -0.563. The van der Waals surface area contributed by atoms with Crippen molar-refractivity contribution in [1.29, 1.82) is 0 Å². The van der Waals surface area contributed by atoms with Crippen molar-refractivity contribution >= 4 is 5.69 Å². The highest BCUT2D eigenvalue weighted by Gasteiger charge is 2.23. The summed E-state index contributed by atoms with van der Waals surface area (Å²) in [6, 6.07) is 13.9. The van der Waals surface area contributed by atoms with Crippen LogP contribution in [0, 0.1) is 11.6 Å². The Labute approximate surface area is 125 Å². The van der Waals surface area contributed by atoms with Gasteiger partial charge in [-0.1, -0.05) is 44.2 Å². The number of rotatable bonds is 5. The van der Waals surface area contributed by atoms with Gasteiger partial charge in [-0.3, -0.25) is 0 Å². The average Bonchev–Trinajstić information content (AvgIpc) is 2.37. The molecule has 2 rings (SSSR count). The van der Waals surface area contributed by atoms with Crippen LogP contribution in [0.5, 0.6) is 0 Å². The molecular weight excluding hydrogens is 268 g/mol. The smallest absolute Gasteiger partial charge is 0.128 e. The van der Waals surface area contributed by atoms with Crippen LogP contribution in [-0.2, 0) is 5.41 Å². The molecule has 112 valence electrons. The van der Waals surface area contributed by atoms with Gasteiger partial charge in [-0.05, 0) is 36.5 Å². The quantitative estimate of drug-likeness (QED) is 0.804. The van der Waals surface area contributed by atoms with Crippen molar-refractivity contribution < 1.29 is 8.78 Å². The molecule has 0 bridgehead atoms. The zero-order valence-corrected chi connectivity index (χ0v) is 12.7. The Bertz CT molecular complexity index is 573. The lowest BCUT2D eigenvalue weighted by molar-refractivity contribution is 0.450. The van der Waals surface area contributed by atoms with Gasteiger partial charge in [0.05, 0.1) is 0 Å². The van der Waals surface area contributed by atoms with E-state index in [-0.39, 0.29) is 11.5 Å². The first-order chi connectivity index (χ1) is 9.87. The zero-order valence-electron chi connectivity index (χ0n) is 12.7. The third-order valence-corrected chi connectivity index (χ3v) is 3.65. The van der Waals surface area contributed by atoms with E-state index >= 15 is 0 Å². The van der Waals surface area contributed by atoms with Gasteiger partial charge in [0.25, 0.3) is 0 Å². The van der Waals surface area contributed by atoms with Crippen LogP contribution in [0.15, 0.2) is 48.5 Å². The van der Waals surface area contributed by atoms with Crippen molar-refractivity contribution in [2.75, 3.05) is 5.32 Å². The van der Waals surface area contributed by atoms with Crippen molar-refractivity contribution in [3.05, 3.63) is 65.7 Å². The minimum Gasteiger partial charge on any atom is -0.382 e. The molecule has 0 saturated heterocycles. The Morgan fingerprint density at radius 1 is 1.00 bits per heavy atom.